The molecule has 0 bridgehead atoms. The van der Waals surface area contributed by atoms with E-state index in [1.165, 1.54) is 19.2 Å². The van der Waals surface area contributed by atoms with Crippen molar-refractivity contribution in [3.8, 4) is 11.5 Å². The van der Waals surface area contributed by atoms with Gasteiger partial charge in [-0.25, -0.2) is 17.8 Å². The Labute approximate surface area is 158 Å². The fraction of sp³-hybridized carbons (Fsp3) is 0.429. The Kier molecular flexibility index (Phi) is 5.68. The van der Waals surface area contributed by atoms with Crippen LogP contribution in [0.1, 0.15) is 18.8 Å². The molecule has 0 aromatic carbocycles. The van der Waals surface area contributed by atoms with Crippen molar-refractivity contribution in [1.82, 2.24) is 14.5 Å². The molecule has 150 valence electrons. The van der Waals surface area contributed by atoms with Crippen molar-refractivity contribution in [2.24, 2.45) is 7.05 Å². The highest BCUT2D eigenvalue weighted by Crippen LogP contribution is 2.46. The summed E-state index contributed by atoms with van der Waals surface area (Å²) in [4.78, 5) is 7.16. The Morgan fingerprint density at radius 1 is 1.19 bits per heavy atom. The summed E-state index contributed by atoms with van der Waals surface area (Å²) in [5.74, 6) is -6.35. The van der Waals surface area contributed by atoms with Gasteiger partial charge in [0.15, 0.2) is 15.7 Å². The number of hydrogen-bond donors (Lipinski definition) is 0. The summed E-state index contributed by atoms with van der Waals surface area (Å²) in [5, 5.41) is 0. The van der Waals surface area contributed by atoms with E-state index in [-0.39, 0.29) is 22.2 Å². The lowest BCUT2D eigenvalue weighted by atomic mass is 10.1. The summed E-state index contributed by atoms with van der Waals surface area (Å²) in [7, 11) is -2.86. The molecule has 0 amide bonds. The van der Waals surface area contributed by atoms with Gasteiger partial charge in [-0.1, -0.05) is 6.92 Å². The molecule has 0 N–H and O–H groups in total. The first-order chi connectivity index (χ1) is 12.2. The summed E-state index contributed by atoms with van der Waals surface area (Å²) < 4.78 is 103. The molecule has 0 aliphatic heterocycles. The Hall–Kier alpha value is -1.63. The lowest BCUT2D eigenvalue weighted by Crippen LogP contribution is -2.41. The highest BCUT2D eigenvalue weighted by atomic mass is 79.9. The summed E-state index contributed by atoms with van der Waals surface area (Å²) in [6.45, 7) is 1.35. The molecule has 13 heteroatoms. The molecular formula is C14H12BrF6N3O2S. The van der Waals surface area contributed by atoms with E-state index in [1.807, 2.05) is 0 Å². The summed E-state index contributed by atoms with van der Waals surface area (Å²) in [5.41, 5.74) is -1.37. The van der Waals surface area contributed by atoms with Gasteiger partial charge < -0.3 is 4.57 Å². The molecule has 0 spiro atoms. The van der Waals surface area contributed by atoms with Gasteiger partial charge in [-0.2, -0.15) is 22.0 Å². The minimum atomic E-state index is -6.11. The van der Waals surface area contributed by atoms with Crippen LogP contribution in [-0.2, 0) is 16.9 Å². The quantitative estimate of drug-likeness (QED) is 0.601. The van der Waals surface area contributed by atoms with Crippen molar-refractivity contribution in [3.63, 3.8) is 0 Å². The predicted molar refractivity (Wildman–Crippen MR) is 86.7 cm³/mol. The number of alkyl halides is 6. The third kappa shape index (κ3) is 3.84. The summed E-state index contributed by atoms with van der Waals surface area (Å²) >= 11 is 3.05. The number of hydrogen-bond acceptors (Lipinski definition) is 4. The van der Waals surface area contributed by atoms with Gasteiger partial charge in [-0.15, -0.1) is 0 Å². The average molecular weight is 480 g/mol. The first kappa shape index (κ1) is 21.7. The zero-order valence-corrected chi connectivity index (χ0v) is 16.1. The lowest BCUT2D eigenvalue weighted by Gasteiger charge is -2.23. The average Bonchev–Trinajstić information content (AvgIpc) is 2.94. The molecule has 5 nitrogen and oxygen atoms in total. The van der Waals surface area contributed by atoms with Gasteiger partial charge in [-0.05, 0) is 22.0 Å². The van der Waals surface area contributed by atoms with Crippen LogP contribution in [0.2, 0.25) is 0 Å². The molecule has 0 aliphatic carbocycles. The maximum Gasteiger partial charge on any atom is 0.456 e. The molecule has 2 rings (SSSR count). The predicted octanol–water partition coefficient (Wildman–Crippen LogP) is 4.25. The van der Waals surface area contributed by atoms with Crippen LogP contribution in [-0.4, -0.2) is 40.8 Å². The Morgan fingerprint density at radius 2 is 1.78 bits per heavy atom. The van der Waals surface area contributed by atoms with Gasteiger partial charge in [0.05, 0.1) is 22.5 Å². The van der Waals surface area contributed by atoms with Crippen LogP contribution < -0.4 is 0 Å². The lowest BCUT2D eigenvalue weighted by molar-refractivity contribution is -0.305. The van der Waals surface area contributed by atoms with Crippen molar-refractivity contribution in [2.45, 2.75) is 30.1 Å². The van der Waals surface area contributed by atoms with Crippen LogP contribution in [0.3, 0.4) is 0 Å². The number of sulfone groups is 1. The normalized spacial score (nSPS) is 14.4. The van der Waals surface area contributed by atoms with Gasteiger partial charge in [-0.3, -0.25) is 4.98 Å². The zero-order chi connectivity index (χ0) is 20.8. The van der Waals surface area contributed by atoms with E-state index in [9.17, 15) is 34.8 Å². The summed E-state index contributed by atoms with van der Waals surface area (Å²) in [6, 6.07) is 1.19. The monoisotopic (exact) mass is 479 g/mol. The van der Waals surface area contributed by atoms with Crippen LogP contribution in [0, 0.1) is 0 Å². The minimum Gasteiger partial charge on any atom is -0.327 e. The van der Waals surface area contributed by atoms with E-state index >= 15 is 0 Å². The zero-order valence-electron chi connectivity index (χ0n) is 13.7. The molecular weight excluding hydrogens is 468 g/mol. The van der Waals surface area contributed by atoms with Crippen molar-refractivity contribution in [1.29, 1.82) is 0 Å². The first-order valence-corrected chi connectivity index (χ1v) is 9.67. The molecule has 2 heterocycles. The largest absolute Gasteiger partial charge is 0.456 e. The van der Waals surface area contributed by atoms with Gasteiger partial charge >= 0.3 is 12.1 Å². The number of imidazole rings is 1. The van der Waals surface area contributed by atoms with Crippen LogP contribution in [0.15, 0.2) is 27.8 Å². The number of pyridine rings is 1. The van der Waals surface area contributed by atoms with Crippen molar-refractivity contribution >= 4 is 25.8 Å². The van der Waals surface area contributed by atoms with Crippen molar-refractivity contribution in [3.05, 3.63) is 28.6 Å². The standard InChI is InChI=1S/C14H12BrF6N3O2S/c1-3-27(25,26)9-4-7(15)5-22-10(9)12-23-6-8(24(12)2)11(16)13(17,18)14(19,20)21/h4-6,11H,3H2,1-2H3/t11-/m0/s1. The van der Waals surface area contributed by atoms with Crippen molar-refractivity contribution in [2.75, 3.05) is 5.75 Å². The Morgan fingerprint density at radius 3 is 2.30 bits per heavy atom. The number of nitrogens with zero attached hydrogens (tertiary/aromatic N) is 3. The van der Waals surface area contributed by atoms with Crippen molar-refractivity contribution < 1.29 is 34.8 Å². The third-order valence-electron chi connectivity index (χ3n) is 3.73. The molecule has 0 fully saturated rings. The van der Waals surface area contributed by atoms with Gasteiger partial charge in [0.25, 0.3) is 0 Å². The molecule has 1 atom stereocenters. The van der Waals surface area contributed by atoms with E-state index in [0.717, 1.165) is 7.05 Å². The molecule has 0 saturated carbocycles. The molecule has 0 saturated heterocycles. The Balaban J connectivity index is 2.63. The number of halogens is 7. The molecule has 0 unspecified atom stereocenters. The van der Waals surface area contributed by atoms with E-state index in [0.29, 0.717) is 15.2 Å². The molecule has 27 heavy (non-hydrogen) atoms. The van der Waals surface area contributed by atoms with Crippen LogP contribution in [0.4, 0.5) is 26.3 Å². The third-order valence-corrected chi connectivity index (χ3v) is 5.90. The smallest absolute Gasteiger partial charge is 0.327 e. The van der Waals surface area contributed by atoms with Crippen LogP contribution in [0.5, 0.6) is 0 Å². The minimum absolute atomic E-state index is 0.291. The maximum atomic E-state index is 14.0. The fourth-order valence-corrected chi connectivity index (χ4v) is 3.73. The molecule has 2 aromatic rings. The van der Waals surface area contributed by atoms with Gasteiger partial charge in [0.1, 0.15) is 5.69 Å². The molecule has 0 aliphatic rings. The van der Waals surface area contributed by atoms with Gasteiger partial charge in [0.2, 0.25) is 6.17 Å². The van der Waals surface area contributed by atoms with E-state index < -0.39 is 33.8 Å². The second kappa shape index (κ2) is 7.08. The van der Waals surface area contributed by atoms with Crippen LogP contribution >= 0.6 is 15.9 Å². The summed E-state index contributed by atoms with van der Waals surface area (Å²) in [6.07, 6.45) is -8.16. The van der Waals surface area contributed by atoms with E-state index in [1.54, 1.807) is 0 Å². The van der Waals surface area contributed by atoms with E-state index in [4.69, 9.17) is 0 Å². The molecule has 0 radical (unpaired) electrons. The van der Waals surface area contributed by atoms with Gasteiger partial charge in [0, 0.05) is 17.7 Å². The fourth-order valence-electron chi connectivity index (χ4n) is 2.19. The first-order valence-electron chi connectivity index (χ1n) is 7.23. The number of aromatic nitrogens is 3. The SMILES string of the molecule is CCS(=O)(=O)c1cc(Br)cnc1-c1ncc([C@H](F)C(F)(F)C(F)(F)F)n1C. The molecule has 2 aromatic heterocycles. The van der Waals surface area contributed by atoms with Crippen LogP contribution in [0.25, 0.3) is 11.5 Å². The highest BCUT2D eigenvalue weighted by Gasteiger charge is 2.64. The number of rotatable bonds is 5. The second-order valence-corrected chi connectivity index (χ2v) is 8.62. The topological polar surface area (TPSA) is 64.8 Å². The van der Waals surface area contributed by atoms with E-state index in [2.05, 4.69) is 25.9 Å². The Bertz CT molecular complexity index is 958. The maximum absolute atomic E-state index is 14.0. The highest BCUT2D eigenvalue weighted by molar-refractivity contribution is 9.10. The second-order valence-electron chi connectivity index (χ2n) is 5.45.